The molecule has 2 aliphatic carbocycles. The first kappa shape index (κ1) is 34.9. The predicted molar refractivity (Wildman–Crippen MR) is 177 cm³/mol. The first-order valence-electron chi connectivity index (χ1n) is 16.0. The van der Waals surface area contributed by atoms with Crippen molar-refractivity contribution in [1.82, 2.24) is 0 Å². The zero-order chi connectivity index (χ0) is 36.9. The first-order valence-corrected chi connectivity index (χ1v) is 16.8. The van der Waals surface area contributed by atoms with Crippen molar-refractivity contribution in [1.29, 1.82) is 0 Å². The number of para-hydroxylation sites is 1. The zero-order valence-corrected chi connectivity index (χ0v) is 28.2. The summed E-state index contributed by atoms with van der Waals surface area (Å²) < 4.78 is 73.5. The number of carbonyl (C=O) groups excluding carboxylic acids is 4. The third kappa shape index (κ3) is 4.54. The Hall–Kier alpha value is -4.55. The van der Waals surface area contributed by atoms with Gasteiger partial charge in [0.1, 0.15) is 11.4 Å². The molecular weight excluding hydrogens is 718 g/mol. The highest BCUT2D eigenvalue weighted by Crippen LogP contribution is 2.67. The monoisotopic (exact) mass is 744 g/mol. The molecule has 14 heteroatoms. The van der Waals surface area contributed by atoms with E-state index in [1.54, 1.807) is 36.4 Å². The molecule has 2 heterocycles. The number of imide groups is 2. The number of allylic oxidation sites excluding steroid dienone is 3. The number of anilines is 2. The predicted octanol–water partition coefficient (Wildman–Crippen LogP) is 7.15. The van der Waals surface area contributed by atoms with Gasteiger partial charge < -0.3 is 5.11 Å². The number of aromatic hydroxyl groups is 1. The van der Waals surface area contributed by atoms with Crippen molar-refractivity contribution in [2.24, 2.45) is 17.8 Å². The summed E-state index contributed by atoms with van der Waals surface area (Å²) in [7, 11) is 0. The van der Waals surface area contributed by atoms with Gasteiger partial charge in [0.15, 0.2) is 33.0 Å². The largest absolute Gasteiger partial charge is 0.507 e. The van der Waals surface area contributed by atoms with E-state index in [1.165, 1.54) is 18.2 Å². The van der Waals surface area contributed by atoms with Crippen LogP contribution < -0.4 is 9.80 Å². The average Bonchev–Trinajstić information content (AvgIpc) is 3.46. The molecule has 3 aromatic carbocycles. The Labute approximate surface area is 297 Å². The van der Waals surface area contributed by atoms with Crippen molar-refractivity contribution in [3.63, 3.8) is 0 Å². The number of carbonyl (C=O) groups is 4. The lowest BCUT2D eigenvalue weighted by molar-refractivity contribution is -0.125. The van der Waals surface area contributed by atoms with Crippen molar-refractivity contribution >= 4 is 58.2 Å². The molecule has 3 fully saturated rings. The number of fused-ring (bicyclic) bond motifs is 4. The third-order valence-electron chi connectivity index (χ3n) is 10.7. The number of alkyl halides is 2. The molecule has 6 atom stereocenters. The molecule has 6 unspecified atom stereocenters. The van der Waals surface area contributed by atoms with Gasteiger partial charge in [-0.2, -0.15) is 0 Å². The van der Waals surface area contributed by atoms with Crippen LogP contribution in [0.1, 0.15) is 42.4 Å². The molecule has 3 aromatic rings. The number of amides is 4. The maximum absolute atomic E-state index is 15.3. The summed E-state index contributed by atoms with van der Waals surface area (Å²) in [5.41, 5.74) is -0.133. The second-order valence-electron chi connectivity index (χ2n) is 13.1. The summed E-state index contributed by atoms with van der Waals surface area (Å²) in [4.78, 5) is 52.3. The van der Waals surface area contributed by atoms with Crippen molar-refractivity contribution < 1.29 is 46.2 Å². The van der Waals surface area contributed by atoms with Crippen LogP contribution in [0, 0.1) is 46.8 Å². The summed E-state index contributed by atoms with van der Waals surface area (Å²) >= 11 is 14.3. The molecule has 264 valence electrons. The van der Waals surface area contributed by atoms with E-state index in [-0.39, 0.29) is 28.9 Å². The van der Waals surface area contributed by atoms with E-state index >= 15 is 8.78 Å². The van der Waals surface area contributed by atoms with Crippen LogP contribution in [0.4, 0.5) is 33.3 Å². The maximum atomic E-state index is 15.3. The summed E-state index contributed by atoms with van der Waals surface area (Å²) in [5, 5.41) is 11.5. The molecule has 2 saturated heterocycles. The fourth-order valence-corrected chi connectivity index (χ4v) is 9.14. The zero-order valence-electron chi connectivity index (χ0n) is 26.7. The Morgan fingerprint density at radius 1 is 0.863 bits per heavy atom. The van der Waals surface area contributed by atoms with E-state index in [1.807, 2.05) is 6.92 Å². The Morgan fingerprint density at radius 2 is 1.49 bits per heavy atom. The molecular formula is C37H27Cl2F5N2O5. The lowest BCUT2D eigenvalue weighted by atomic mass is 9.56. The highest BCUT2D eigenvalue weighted by molar-refractivity contribution is 6.58. The molecule has 4 amide bonds. The Bertz CT molecular complexity index is 2100. The molecule has 0 aromatic heterocycles. The van der Waals surface area contributed by atoms with Gasteiger partial charge >= 0.3 is 0 Å². The van der Waals surface area contributed by atoms with Gasteiger partial charge in [-0.25, -0.2) is 26.9 Å². The Balaban J connectivity index is 1.44. The van der Waals surface area contributed by atoms with Gasteiger partial charge in [0.05, 0.1) is 17.5 Å². The minimum Gasteiger partial charge on any atom is -0.507 e. The van der Waals surface area contributed by atoms with E-state index < -0.39 is 104 Å². The molecule has 0 bridgehead atoms. The van der Waals surface area contributed by atoms with Gasteiger partial charge in [0, 0.05) is 11.5 Å². The van der Waals surface area contributed by atoms with Crippen molar-refractivity contribution in [2.45, 2.75) is 48.3 Å². The van der Waals surface area contributed by atoms with Gasteiger partial charge in [0.2, 0.25) is 17.6 Å². The van der Waals surface area contributed by atoms with Crippen LogP contribution in [0.2, 0.25) is 0 Å². The van der Waals surface area contributed by atoms with Gasteiger partial charge in [-0.3, -0.25) is 24.1 Å². The summed E-state index contributed by atoms with van der Waals surface area (Å²) in [6, 6.07) is 11.2. The lowest BCUT2D eigenvalue weighted by Gasteiger charge is -2.50. The van der Waals surface area contributed by atoms with Gasteiger partial charge in [-0.15, -0.1) is 29.8 Å². The molecule has 1 N–H and O–H groups in total. The molecule has 51 heavy (non-hydrogen) atoms. The number of phenols is 1. The van der Waals surface area contributed by atoms with Crippen molar-refractivity contribution in [3.05, 3.63) is 113 Å². The van der Waals surface area contributed by atoms with Crippen LogP contribution in [0.3, 0.4) is 0 Å². The quantitative estimate of drug-likeness (QED) is 0.0723. The molecule has 7 rings (SSSR count). The van der Waals surface area contributed by atoms with E-state index in [9.17, 15) is 37.5 Å². The second kappa shape index (κ2) is 12.0. The van der Waals surface area contributed by atoms with Crippen LogP contribution in [0.5, 0.6) is 5.75 Å². The number of rotatable bonds is 6. The SMILES string of the molecule is C=CCc1cccc(C2C3=CCC4C(=O)N(c5ccc(CC)cc5)C(=O)C4C3CC3(Cl)C(=O)N(c4c(F)c(F)c(F)c(F)c4F)C(=O)C23Cl)c1O. The average molecular weight is 746 g/mol. The van der Waals surface area contributed by atoms with E-state index in [4.69, 9.17) is 23.2 Å². The van der Waals surface area contributed by atoms with Gasteiger partial charge in [0.25, 0.3) is 11.8 Å². The lowest BCUT2D eigenvalue weighted by Crippen LogP contribution is -2.60. The summed E-state index contributed by atoms with van der Waals surface area (Å²) in [6.07, 6.45) is 3.22. The topological polar surface area (TPSA) is 95.0 Å². The minimum absolute atomic E-state index is 0.0278. The normalized spacial score (nSPS) is 28.5. The van der Waals surface area contributed by atoms with Crippen LogP contribution in [-0.4, -0.2) is 38.5 Å². The first-order chi connectivity index (χ1) is 24.1. The van der Waals surface area contributed by atoms with Crippen LogP contribution >= 0.6 is 23.2 Å². The summed E-state index contributed by atoms with van der Waals surface area (Å²) in [5.74, 6) is -21.9. The smallest absolute Gasteiger partial charge is 0.258 e. The minimum atomic E-state index is -2.74. The maximum Gasteiger partial charge on any atom is 0.258 e. The van der Waals surface area contributed by atoms with Crippen LogP contribution in [-0.2, 0) is 32.0 Å². The fourth-order valence-electron chi connectivity index (χ4n) is 8.21. The number of aryl methyl sites for hydroxylation is 1. The van der Waals surface area contributed by atoms with E-state index in [2.05, 4.69) is 6.58 Å². The number of halogens is 7. The molecule has 4 aliphatic rings. The van der Waals surface area contributed by atoms with Gasteiger partial charge in [-0.1, -0.05) is 55.0 Å². The van der Waals surface area contributed by atoms with Crippen molar-refractivity contribution in [2.75, 3.05) is 9.80 Å². The van der Waals surface area contributed by atoms with Crippen LogP contribution in [0.25, 0.3) is 0 Å². The molecule has 0 radical (unpaired) electrons. The molecule has 1 saturated carbocycles. The molecule has 2 aliphatic heterocycles. The fraction of sp³-hybridized carbons (Fsp3) is 0.297. The molecule has 7 nitrogen and oxygen atoms in total. The third-order valence-corrected chi connectivity index (χ3v) is 12.1. The number of phenolic OH excluding ortho intramolecular Hbond substituents is 1. The number of benzene rings is 3. The van der Waals surface area contributed by atoms with E-state index in [0.29, 0.717) is 17.7 Å². The Kier molecular flexibility index (Phi) is 8.22. The highest BCUT2D eigenvalue weighted by Gasteiger charge is 2.77. The standard InChI is InChI=1S/C37H27Cl2F5N2O5/c1-3-6-17-7-5-8-21(31(17)47)24-19-13-14-20-23(33(49)45(32(20)48)18-11-9-16(4-2)10-12-18)22(19)15-36(38)34(50)46(35(51)37(24,36)39)30-28(43)26(41)25(40)27(42)29(30)44/h3,5,7-13,20,22-24,47H,1,4,6,14-15H2,2H3. The number of hydrogen-bond acceptors (Lipinski definition) is 5. The molecule has 0 spiro atoms. The number of hydrogen-bond donors (Lipinski definition) is 1. The van der Waals surface area contributed by atoms with Gasteiger partial charge in [-0.05, 0) is 54.9 Å². The summed E-state index contributed by atoms with van der Waals surface area (Å²) in [6.45, 7) is 5.61. The second-order valence-corrected chi connectivity index (χ2v) is 14.3. The number of nitrogens with zero attached hydrogens (tertiary/aromatic N) is 2. The van der Waals surface area contributed by atoms with Crippen LogP contribution in [0.15, 0.2) is 66.8 Å². The van der Waals surface area contributed by atoms with Crippen molar-refractivity contribution in [3.8, 4) is 5.75 Å². The Morgan fingerprint density at radius 3 is 2.10 bits per heavy atom. The highest BCUT2D eigenvalue weighted by atomic mass is 35.5. The van der Waals surface area contributed by atoms with E-state index in [0.717, 1.165) is 10.5 Å².